The van der Waals surface area contributed by atoms with Gasteiger partial charge >= 0.3 is 11.8 Å². The maximum Gasteiger partial charge on any atom is 0.412 e. The van der Waals surface area contributed by atoms with Crippen LogP contribution in [-0.2, 0) is 0 Å². The van der Waals surface area contributed by atoms with E-state index in [1.807, 2.05) is 0 Å². The number of non-ortho nitro benzene ring substituents is 1. The van der Waals surface area contributed by atoms with Crippen LogP contribution in [0.25, 0.3) is 0 Å². The molecule has 0 heterocycles. The number of carbonyl (C=O) groups is 1. The fraction of sp³-hybridized carbons (Fsp3) is 0.125. The highest BCUT2D eigenvalue weighted by Crippen LogP contribution is 2.38. The number of nitrogens with one attached hydrogen (secondary N) is 1. The zero-order chi connectivity index (χ0) is 13.9. The van der Waals surface area contributed by atoms with Gasteiger partial charge in [-0.25, -0.2) is 4.79 Å². The monoisotopic (exact) mass is 275 g/mol. The zero-order valence-electron chi connectivity index (χ0n) is 8.88. The molecule has 9 nitrogen and oxygen atoms in total. The molecular weight excluding hydrogens is 270 g/mol. The average Bonchev–Trinajstić information content (AvgIpc) is 2.30. The van der Waals surface area contributed by atoms with Gasteiger partial charge in [0.25, 0.3) is 5.69 Å². The van der Waals surface area contributed by atoms with Crippen LogP contribution in [0.5, 0.6) is 5.75 Å². The topological polar surface area (TPSA) is 125 Å². The van der Waals surface area contributed by atoms with Gasteiger partial charge in [-0.1, -0.05) is 11.6 Å². The van der Waals surface area contributed by atoms with Crippen LogP contribution in [0.15, 0.2) is 12.1 Å². The Kier molecular flexibility index (Phi) is 4.00. The number of carbonyl (C=O) groups excluding carboxylic acids is 1. The minimum Gasteiger partial charge on any atom is -0.401 e. The highest BCUT2D eigenvalue weighted by atomic mass is 35.5. The molecule has 96 valence electrons. The number of hydrogen-bond acceptors (Lipinski definition) is 6. The normalized spacial score (nSPS) is 9.67. The van der Waals surface area contributed by atoms with Crippen molar-refractivity contribution < 1.29 is 19.4 Å². The van der Waals surface area contributed by atoms with E-state index < -0.39 is 38.1 Å². The van der Waals surface area contributed by atoms with E-state index in [-0.39, 0.29) is 0 Å². The Morgan fingerprint density at radius 2 is 1.94 bits per heavy atom. The Morgan fingerprint density at radius 1 is 1.33 bits per heavy atom. The number of nitro benzene ring substituents is 2. The first kappa shape index (κ1) is 13.6. The first-order valence-electron chi connectivity index (χ1n) is 4.38. The zero-order valence-corrected chi connectivity index (χ0v) is 9.63. The summed E-state index contributed by atoms with van der Waals surface area (Å²) in [4.78, 5) is 30.5. The van der Waals surface area contributed by atoms with Crippen molar-refractivity contribution in [2.24, 2.45) is 0 Å². The Hall–Kier alpha value is -2.42. The third kappa shape index (κ3) is 2.83. The summed E-state index contributed by atoms with van der Waals surface area (Å²) in [6, 6.07) is 1.51. The first-order chi connectivity index (χ1) is 8.36. The fourth-order valence-corrected chi connectivity index (χ4v) is 1.30. The van der Waals surface area contributed by atoms with Crippen molar-refractivity contribution in [3.05, 3.63) is 37.4 Å². The predicted molar refractivity (Wildman–Crippen MR) is 59.8 cm³/mol. The highest BCUT2D eigenvalue weighted by molar-refractivity contribution is 6.32. The van der Waals surface area contributed by atoms with Gasteiger partial charge in [0.1, 0.15) is 0 Å². The van der Waals surface area contributed by atoms with Gasteiger partial charge in [0.05, 0.1) is 20.9 Å². The van der Waals surface area contributed by atoms with Crippen molar-refractivity contribution in [1.82, 2.24) is 5.32 Å². The molecule has 0 atom stereocenters. The van der Waals surface area contributed by atoms with Crippen LogP contribution in [0, 0.1) is 20.2 Å². The molecule has 1 rings (SSSR count). The predicted octanol–water partition coefficient (Wildman–Crippen LogP) is 1.87. The molecule has 1 N–H and O–H groups in total. The fourth-order valence-electron chi connectivity index (χ4n) is 1.05. The second kappa shape index (κ2) is 5.27. The summed E-state index contributed by atoms with van der Waals surface area (Å²) < 4.78 is 4.58. The minimum atomic E-state index is -0.978. The van der Waals surface area contributed by atoms with Gasteiger partial charge in [-0.3, -0.25) is 20.2 Å². The number of ether oxygens (including phenoxy) is 1. The SMILES string of the molecule is CNC(=O)Oc1c(Cl)cc([N+](=O)[O-])cc1[N+](=O)[O-]. The van der Waals surface area contributed by atoms with Crippen molar-refractivity contribution in [2.75, 3.05) is 7.05 Å². The van der Waals surface area contributed by atoms with Gasteiger partial charge in [0, 0.05) is 13.1 Å². The Morgan fingerprint density at radius 3 is 2.39 bits per heavy atom. The lowest BCUT2D eigenvalue weighted by Crippen LogP contribution is -2.22. The summed E-state index contributed by atoms with van der Waals surface area (Å²) in [7, 11) is 1.24. The van der Waals surface area contributed by atoms with Crippen molar-refractivity contribution >= 4 is 29.1 Å². The van der Waals surface area contributed by atoms with Gasteiger partial charge in [0.15, 0.2) is 0 Å². The second-order valence-electron chi connectivity index (χ2n) is 2.93. The van der Waals surface area contributed by atoms with Gasteiger partial charge in [0.2, 0.25) is 5.75 Å². The molecule has 0 aliphatic carbocycles. The van der Waals surface area contributed by atoms with E-state index in [9.17, 15) is 25.0 Å². The molecule has 0 bridgehead atoms. The second-order valence-corrected chi connectivity index (χ2v) is 3.34. The number of amides is 1. The maximum absolute atomic E-state index is 11.0. The lowest BCUT2D eigenvalue weighted by atomic mass is 10.2. The molecule has 0 aromatic heterocycles. The van der Waals surface area contributed by atoms with E-state index >= 15 is 0 Å². The van der Waals surface area contributed by atoms with Crippen LogP contribution in [0.1, 0.15) is 0 Å². The molecular formula is C8H6ClN3O6. The molecule has 0 aliphatic heterocycles. The third-order valence-corrected chi connectivity index (χ3v) is 2.10. The lowest BCUT2D eigenvalue weighted by Gasteiger charge is -2.05. The summed E-state index contributed by atoms with van der Waals surface area (Å²) in [6.07, 6.45) is -0.978. The summed E-state index contributed by atoms with van der Waals surface area (Å²) in [5.41, 5.74) is -1.34. The van der Waals surface area contributed by atoms with E-state index in [0.717, 1.165) is 6.07 Å². The van der Waals surface area contributed by atoms with Crippen LogP contribution >= 0.6 is 11.6 Å². The molecule has 0 radical (unpaired) electrons. The summed E-state index contributed by atoms with van der Waals surface area (Å²) in [5, 5.41) is 22.9. The van der Waals surface area contributed by atoms with Crippen LogP contribution in [0.2, 0.25) is 5.02 Å². The quantitative estimate of drug-likeness (QED) is 0.663. The van der Waals surface area contributed by atoms with Crippen LogP contribution in [-0.4, -0.2) is 23.0 Å². The highest BCUT2D eigenvalue weighted by Gasteiger charge is 2.26. The smallest absolute Gasteiger partial charge is 0.401 e. The number of nitrogens with zero attached hydrogens (tertiary/aromatic N) is 2. The van der Waals surface area contributed by atoms with Crippen LogP contribution in [0.4, 0.5) is 16.2 Å². The van der Waals surface area contributed by atoms with Gasteiger partial charge in [-0.2, -0.15) is 0 Å². The number of nitro groups is 2. The third-order valence-electron chi connectivity index (χ3n) is 1.82. The summed E-state index contributed by atoms with van der Waals surface area (Å²) in [5.74, 6) is -0.549. The molecule has 0 fully saturated rings. The number of halogens is 1. The molecule has 1 aromatic rings. The Bertz CT molecular complexity index is 532. The lowest BCUT2D eigenvalue weighted by molar-refractivity contribution is -0.394. The number of rotatable bonds is 3. The van der Waals surface area contributed by atoms with E-state index in [4.69, 9.17) is 11.6 Å². The van der Waals surface area contributed by atoms with Gasteiger partial charge in [-0.15, -0.1) is 0 Å². The van der Waals surface area contributed by atoms with E-state index in [2.05, 4.69) is 10.1 Å². The van der Waals surface area contributed by atoms with Crippen molar-refractivity contribution in [2.45, 2.75) is 0 Å². The molecule has 18 heavy (non-hydrogen) atoms. The Labute approximate surface area is 105 Å². The molecule has 0 saturated heterocycles. The maximum atomic E-state index is 11.0. The summed E-state index contributed by atoms with van der Waals surface area (Å²) in [6.45, 7) is 0. The molecule has 10 heteroatoms. The van der Waals surface area contributed by atoms with Crippen molar-refractivity contribution in [3.63, 3.8) is 0 Å². The first-order valence-corrected chi connectivity index (χ1v) is 4.76. The largest absolute Gasteiger partial charge is 0.412 e. The van der Waals surface area contributed by atoms with Gasteiger partial charge < -0.3 is 10.1 Å². The van der Waals surface area contributed by atoms with E-state index in [0.29, 0.717) is 6.07 Å². The summed E-state index contributed by atoms with van der Waals surface area (Å²) >= 11 is 5.61. The molecule has 0 aliphatic rings. The standard InChI is InChI=1S/C8H6ClN3O6/c1-10-8(13)18-7-5(9)2-4(11(14)15)3-6(7)12(16)17/h2-3H,1H3,(H,10,13). The Balaban J connectivity index is 3.36. The van der Waals surface area contributed by atoms with Crippen molar-refractivity contribution in [1.29, 1.82) is 0 Å². The molecule has 0 unspecified atom stereocenters. The van der Waals surface area contributed by atoms with E-state index in [1.165, 1.54) is 7.05 Å². The van der Waals surface area contributed by atoms with Crippen LogP contribution in [0.3, 0.4) is 0 Å². The molecule has 0 spiro atoms. The minimum absolute atomic E-state index is 0.403. The number of hydrogen-bond donors (Lipinski definition) is 1. The molecule has 1 aromatic carbocycles. The number of benzene rings is 1. The van der Waals surface area contributed by atoms with Crippen molar-refractivity contribution in [3.8, 4) is 5.75 Å². The molecule has 1 amide bonds. The molecule has 0 saturated carbocycles. The van der Waals surface area contributed by atoms with E-state index in [1.54, 1.807) is 0 Å². The van der Waals surface area contributed by atoms with Crippen LogP contribution < -0.4 is 10.1 Å². The average molecular weight is 276 g/mol. The van der Waals surface area contributed by atoms with Gasteiger partial charge in [-0.05, 0) is 0 Å².